The van der Waals surface area contributed by atoms with E-state index in [-0.39, 0.29) is 18.4 Å². The molecule has 4 rings (SSSR count). The van der Waals surface area contributed by atoms with Crippen LogP contribution in [0.1, 0.15) is 23.2 Å². The van der Waals surface area contributed by atoms with Crippen LogP contribution in [0.5, 0.6) is 5.75 Å². The number of imide groups is 1. The Bertz CT molecular complexity index is 852. The minimum atomic E-state index is -0.274. The van der Waals surface area contributed by atoms with E-state index >= 15 is 0 Å². The first-order chi connectivity index (χ1) is 14.2. The molecule has 1 aromatic heterocycles. The Morgan fingerprint density at radius 1 is 0.966 bits per heavy atom. The highest BCUT2D eigenvalue weighted by Gasteiger charge is 2.28. The summed E-state index contributed by atoms with van der Waals surface area (Å²) in [7, 11) is 0. The monoisotopic (exact) mass is 395 g/mol. The van der Waals surface area contributed by atoms with Crippen LogP contribution in [0.25, 0.3) is 0 Å². The van der Waals surface area contributed by atoms with Crippen molar-refractivity contribution in [3.8, 4) is 5.75 Å². The molecule has 152 valence electrons. The lowest BCUT2D eigenvalue weighted by atomic mass is 10.1. The summed E-state index contributed by atoms with van der Waals surface area (Å²) in [4.78, 5) is 39.5. The number of rotatable bonds is 6. The van der Waals surface area contributed by atoms with Crippen molar-refractivity contribution in [1.29, 1.82) is 0 Å². The Morgan fingerprint density at radius 3 is 2.55 bits per heavy atom. The summed E-state index contributed by atoms with van der Waals surface area (Å²) in [6, 6.07) is 7.02. The second-order valence-electron chi connectivity index (χ2n) is 7.23. The second kappa shape index (κ2) is 9.00. The van der Waals surface area contributed by atoms with Gasteiger partial charge in [-0.25, -0.2) is 4.98 Å². The minimum Gasteiger partial charge on any atom is -0.483 e. The first-order valence-corrected chi connectivity index (χ1v) is 10.0. The number of unbranched alkanes of at least 4 members (excludes halogenated alkanes) is 1. The lowest BCUT2D eigenvalue weighted by Crippen LogP contribution is -2.47. The van der Waals surface area contributed by atoms with Crippen LogP contribution in [0.2, 0.25) is 0 Å². The van der Waals surface area contributed by atoms with E-state index in [1.54, 1.807) is 42.9 Å². The highest BCUT2D eigenvalue weighted by atomic mass is 16.5. The van der Waals surface area contributed by atoms with Crippen molar-refractivity contribution in [1.82, 2.24) is 19.8 Å². The number of piperazine rings is 1. The van der Waals surface area contributed by atoms with E-state index in [2.05, 4.69) is 19.8 Å². The molecule has 29 heavy (non-hydrogen) atoms. The Morgan fingerprint density at radius 2 is 1.76 bits per heavy atom. The van der Waals surface area contributed by atoms with Crippen LogP contribution in [-0.4, -0.2) is 77.5 Å². The highest BCUT2D eigenvalue weighted by molar-refractivity contribution is 6.07. The van der Waals surface area contributed by atoms with Crippen molar-refractivity contribution in [2.75, 3.05) is 50.8 Å². The molecule has 3 heterocycles. The molecule has 2 aromatic rings. The molecule has 1 fully saturated rings. The number of carbonyl (C=O) groups excluding carboxylic acids is 2. The molecule has 8 nitrogen and oxygen atoms in total. The Kier molecular flexibility index (Phi) is 6.00. The van der Waals surface area contributed by atoms with Crippen molar-refractivity contribution < 1.29 is 14.3 Å². The molecule has 2 amide bonds. The molecule has 0 spiro atoms. The predicted molar refractivity (Wildman–Crippen MR) is 108 cm³/mol. The number of aromatic nitrogens is 2. The number of fused-ring (bicyclic) bond motifs is 1. The van der Waals surface area contributed by atoms with Gasteiger partial charge in [-0.1, -0.05) is 12.1 Å². The first kappa shape index (κ1) is 19.3. The average molecular weight is 395 g/mol. The number of carbonyl (C=O) groups is 2. The number of amides is 2. The van der Waals surface area contributed by atoms with Crippen LogP contribution in [0.15, 0.2) is 42.9 Å². The summed E-state index contributed by atoms with van der Waals surface area (Å²) in [5, 5.41) is 0. The van der Waals surface area contributed by atoms with Crippen LogP contribution in [0, 0.1) is 0 Å². The quantitative estimate of drug-likeness (QED) is 0.541. The molecular formula is C21H25N5O3. The zero-order valence-electron chi connectivity index (χ0n) is 16.4. The lowest BCUT2D eigenvalue weighted by molar-refractivity contribution is -0.130. The maximum Gasteiger partial charge on any atom is 0.267 e. The molecule has 2 aliphatic heterocycles. The topological polar surface area (TPSA) is 78.9 Å². The van der Waals surface area contributed by atoms with Gasteiger partial charge >= 0.3 is 0 Å². The average Bonchev–Trinajstić information content (AvgIpc) is 2.89. The van der Waals surface area contributed by atoms with Crippen LogP contribution in [-0.2, 0) is 4.79 Å². The van der Waals surface area contributed by atoms with Crippen molar-refractivity contribution in [2.24, 2.45) is 0 Å². The molecule has 0 saturated carbocycles. The number of hydrogen-bond donors (Lipinski definition) is 0. The fraction of sp³-hybridized carbons (Fsp3) is 0.429. The van der Waals surface area contributed by atoms with E-state index in [0.717, 1.165) is 51.4 Å². The predicted octanol–water partition coefficient (Wildman–Crippen LogP) is 1.44. The normalized spacial score (nSPS) is 17.7. The summed E-state index contributed by atoms with van der Waals surface area (Å²) in [6.45, 7) is 5.09. The largest absolute Gasteiger partial charge is 0.483 e. The van der Waals surface area contributed by atoms with Crippen LogP contribution in [0.4, 0.5) is 5.82 Å². The Labute approximate surface area is 170 Å². The lowest BCUT2D eigenvalue weighted by Gasteiger charge is -2.35. The molecule has 2 aliphatic rings. The molecular weight excluding hydrogens is 370 g/mol. The van der Waals surface area contributed by atoms with Gasteiger partial charge in [-0.2, -0.15) is 0 Å². The molecule has 0 atom stereocenters. The highest BCUT2D eigenvalue weighted by Crippen LogP contribution is 2.23. The molecule has 8 heteroatoms. The van der Waals surface area contributed by atoms with Gasteiger partial charge in [0.15, 0.2) is 6.61 Å². The van der Waals surface area contributed by atoms with Crippen LogP contribution >= 0.6 is 0 Å². The van der Waals surface area contributed by atoms with Crippen molar-refractivity contribution in [3.05, 3.63) is 48.4 Å². The SMILES string of the molecule is O=C1COc2ccccc2C(=O)N1CCCCN1CCN(c2cnccn2)CC1. The van der Waals surface area contributed by atoms with Gasteiger partial charge in [0, 0.05) is 45.1 Å². The summed E-state index contributed by atoms with van der Waals surface area (Å²) in [5.74, 6) is 0.867. The fourth-order valence-electron chi connectivity index (χ4n) is 3.73. The molecule has 0 aliphatic carbocycles. The molecule has 0 radical (unpaired) electrons. The summed E-state index contributed by atoms with van der Waals surface area (Å²) >= 11 is 0. The van der Waals surface area contributed by atoms with E-state index in [1.165, 1.54) is 4.90 Å². The van der Waals surface area contributed by atoms with Gasteiger partial charge in [0.05, 0.1) is 11.8 Å². The first-order valence-electron chi connectivity index (χ1n) is 10.0. The van der Waals surface area contributed by atoms with Crippen molar-refractivity contribution in [3.63, 3.8) is 0 Å². The number of hydrogen-bond acceptors (Lipinski definition) is 7. The zero-order chi connectivity index (χ0) is 20.1. The summed E-state index contributed by atoms with van der Waals surface area (Å²) in [6.07, 6.45) is 6.92. The Hall–Kier alpha value is -3.00. The van der Waals surface area contributed by atoms with Crippen LogP contribution in [0.3, 0.4) is 0 Å². The maximum atomic E-state index is 12.7. The van der Waals surface area contributed by atoms with Crippen molar-refractivity contribution >= 4 is 17.6 Å². The smallest absolute Gasteiger partial charge is 0.267 e. The third-order valence-electron chi connectivity index (χ3n) is 5.37. The van der Waals surface area contributed by atoms with Gasteiger partial charge in [-0.05, 0) is 31.5 Å². The molecule has 1 saturated heterocycles. The molecule has 0 unspecified atom stereocenters. The van der Waals surface area contributed by atoms with Gasteiger partial charge < -0.3 is 9.64 Å². The third kappa shape index (κ3) is 4.54. The molecule has 0 N–H and O–H groups in total. The maximum absolute atomic E-state index is 12.7. The van der Waals surface area contributed by atoms with Gasteiger partial charge in [0.1, 0.15) is 11.6 Å². The second-order valence-corrected chi connectivity index (χ2v) is 7.23. The van der Waals surface area contributed by atoms with Gasteiger partial charge in [0.2, 0.25) is 0 Å². The molecule has 1 aromatic carbocycles. The van der Waals surface area contributed by atoms with E-state index in [1.807, 2.05) is 0 Å². The Balaban J connectivity index is 1.23. The molecule has 0 bridgehead atoms. The van der Waals surface area contributed by atoms with E-state index in [0.29, 0.717) is 17.9 Å². The van der Waals surface area contributed by atoms with E-state index in [4.69, 9.17) is 4.74 Å². The zero-order valence-corrected chi connectivity index (χ0v) is 16.4. The van der Waals surface area contributed by atoms with Crippen LogP contribution < -0.4 is 9.64 Å². The number of anilines is 1. The number of nitrogens with zero attached hydrogens (tertiary/aromatic N) is 5. The van der Waals surface area contributed by atoms with Gasteiger partial charge in [-0.15, -0.1) is 0 Å². The number of ether oxygens (including phenoxy) is 1. The number of benzene rings is 1. The minimum absolute atomic E-state index is 0.0902. The van der Waals surface area contributed by atoms with E-state index < -0.39 is 0 Å². The van der Waals surface area contributed by atoms with E-state index in [9.17, 15) is 9.59 Å². The standard InChI is InChI=1S/C21H25N5O3/c27-20-16-29-18-6-2-1-5-17(18)21(28)26(20)10-4-3-9-24-11-13-25(14-12-24)19-15-22-7-8-23-19/h1-2,5-8,15H,3-4,9-14,16H2. The fourth-order valence-corrected chi connectivity index (χ4v) is 3.73. The van der Waals surface area contributed by atoms with Crippen molar-refractivity contribution in [2.45, 2.75) is 12.8 Å². The summed E-state index contributed by atoms with van der Waals surface area (Å²) in [5.41, 5.74) is 0.457. The summed E-state index contributed by atoms with van der Waals surface area (Å²) < 4.78 is 5.47. The third-order valence-corrected chi connectivity index (χ3v) is 5.37. The van der Waals surface area contributed by atoms with Gasteiger partial charge in [0.25, 0.3) is 11.8 Å². The number of para-hydroxylation sites is 1. The van der Waals surface area contributed by atoms with Gasteiger partial charge in [-0.3, -0.25) is 24.4 Å².